The molecule has 1 aliphatic rings. The number of nitrogens with one attached hydrogen (secondary N) is 1. The number of pyridine rings is 1. The molecule has 7 nitrogen and oxygen atoms in total. The van der Waals surface area contributed by atoms with E-state index in [2.05, 4.69) is 22.4 Å². The Balaban J connectivity index is 1.29. The number of carboxylic acid groups (broad SMARTS) is 1. The molecule has 4 aromatic rings. The number of rotatable bonds is 6. The molecule has 0 saturated carbocycles. The van der Waals surface area contributed by atoms with Gasteiger partial charge < -0.3 is 19.7 Å². The van der Waals surface area contributed by atoms with Gasteiger partial charge in [0.15, 0.2) is 0 Å². The highest BCUT2D eigenvalue weighted by atomic mass is 35.5. The predicted octanol–water partition coefficient (Wildman–Crippen LogP) is 4.76. The SMILES string of the molecule is Cn1c(C[C@H](NC(=O)OCC2c3ccccc3-c3ccccc32)C(=O)O)cc2cc(Cl)cnc21. The van der Waals surface area contributed by atoms with Crippen LogP contribution < -0.4 is 5.32 Å². The van der Waals surface area contributed by atoms with Crippen molar-refractivity contribution in [1.82, 2.24) is 14.9 Å². The Morgan fingerprint density at radius 2 is 1.76 bits per heavy atom. The van der Waals surface area contributed by atoms with Crippen LogP contribution in [0, 0.1) is 0 Å². The van der Waals surface area contributed by atoms with E-state index in [4.69, 9.17) is 16.3 Å². The Bertz CT molecular complexity index is 1370. The molecule has 0 fully saturated rings. The van der Waals surface area contributed by atoms with Gasteiger partial charge in [-0.3, -0.25) is 0 Å². The van der Waals surface area contributed by atoms with Gasteiger partial charge in [0.1, 0.15) is 18.3 Å². The van der Waals surface area contributed by atoms with E-state index in [0.717, 1.165) is 27.6 Å². The van der Waals surface area contributed by atoms with Crippen molar-refractivity contribution in [2.24, 2.45) is 7.05 Å². The van der Waals surface area contributed by atoms with Gasteiger partial charge in [-0.1, -0.05) is 60.1 Å². The number of halogens is 1. The second-order valence-electron chi connectivity index (χ2n) is 8.33. The molecule has 8 heteroatoms. The maximum Gasteiger partial charge on any atom is 0.407 e. The molecular formula is C26H22ClN3O4. The number of carbonyl (C=O) groups excluding carboxylic acids is 1. The Morgan fingerprint density at radius 3 is 2.41 bits per heavy atom. The molecule has 172 valence electrons. The molecule has 0 spiro atoms. The number of hydrogen-bond acceptors (Lipinski definition) is 4. The third-order valence-electron chi connectivity index (χ3n) is 6.28. The number of aryl methyl sites for hydroxylation is 1. The fourth-order valence-corrected chi connectivity index (χ4v) is 4.80. The highest BCUT2D eigenvalue weighted by molar-refractivity contribution is 6.31. The minimum absolute atomic E-state index is 0.0734. The van der Waals surface area contributed by atoms with Crippen LogP contribution in [0.4, 0.5) is 4.79 Å². The van der Waals surface area contributed by atoms with Crippen molar-refractivity contribution in [3.63, 3.8) is 0 Å². The number of hydrogen-bond donors (Lipinski definition) is 2. The molecule has 1 aliphatic carbocycles. The van der Waals surface area contributed by atoms with Crippen LogP contribution >= 0.6 is 11.6 Å². The monoisotopic (exact) mass is 475 g/mol. The minimum Gasteiger partial charge on any atom is -0.480 e. The van der Waals surface area contributed by atoms with Gasteiger partial charge in [0.25, 0.3) is 0 Å². The lowest BCUT2D eigenvalue weighted by Gasteiger charge is -2.17. The molecule has 0 aliphatic heterocycles. The zero-order chi connectivity index (χ0) is 23.8. The van der Waals surface area contributed by atoms with Crippen LogP contribution in [0.15, 0.2) is 66.9 Å². The van der Waals surface area contributed by atoms with E-state index < -0.39 is 18.1 Å². The van der Waals surface area contributed by atoms with E-state index >= 15 is 0 Å². The fraction of sp³-hybridized carbons (Fsp3) is 0.192. The molecule has 1 amide bonds. The lowest BCUT2D eigenvalue weighted by atomic mass is 9.98. The van der Waals surface area contributed by atoms with Crippen molar-refractivity contribution in [1.29, 1.82) is 0 Å². The van der Waals surface area contributed by atoms with E-state index in [9.17, 15) is 14.7 Å². The summed E-state index contributed by atoms with van der Waals surface area (Å²) in [7, 11) is 1.80. The molecule has 5 rings (SSSR count). The van der Waals surface area contributed by atoms with Gasteiger partial charge >= 0.3 is 12.1 Å². The fourth-order valence-electron chi connectivity index (χ4n) is 4.63. The number of amides is 1. The first-order valence-electron chi connectivity index (χ1n) is 10.9. The van der Waals surface area contributed by atoms with Gasteiger partial charge in [0.05, 0.1) is 5.02 Å². The smallest absolute Gasteiger partial charge is 0.407 e. The minimum atomic E-state index is -1.16. The van der Waals surface area contributed by atoms with Crippen LogP contribution in [-0.4, -0.2) is 39.4 Å². The quantitative estimate of drug-likeness (QED) is 0.419. The lowest BCUT2D eigenvalue weighted by molar-refractivity contribution is -0.139. The van der Waals surface area contributed by atoms with E-state index in [1.807, 2.05) is 42.5 Å². The first-order valence-corrected chi connectivity index (χ1v) is 11.2. The third-order valence-corrected chi connectivity index (χ3v) is 6.49. The van der Waals surface area contributed by atoms with Crippen molar-refractivity contribution in [2.45, 2.75) is 18.4 Å². The van der Waals surface area contributed by atoms with Gasteiger partial charge in [-0.05, 0) is 34.4 Å². The van der Waals surface area contributed by atoms with Gasteiger partial charge in [-0.25, -0.2) is 14.6 Å². The van der Waals surface area contributed by atoms with Crippen LogP contribution in [-0.2, 0) is 23.0 Å². The first kappa shape index (κ1) is 22.0. The van der Waals surface area contributed by atoms with Crippen LogP contribution in [0.2, 0.25) is 5.02 Å². The number of aliphatic carboxylic acids is 1. The number of carbonyl (C=O) groups is 2. The number of benzene rings is 2. The molecule has 2 aromatic carbocycles. The van der Waals surface area contributed by atoms with Crippen LogP contribution in [0.25, 0.3) is 22.2 Å². The normalized spacial score (nSPS) is 13.4. The Hall–Kier alpha value is -3.84. The molecule has 2 heterocycles. The number of fused-ring (bicyclic) bond motifs is 4. The summed E-state index contributed by atoms with van der Waals surface area (Å²) >= 11 is 6.02. The highest BCUT2D eigenvalue weighted by Gasteiger charge is 2.30. The van der Waals surface area contributed by atoms with Crippen molar-refractivity contribution in [3.8, 4) is 11.1 Å². The van der Waals surface area contributed by atoms with Gasteiger partial charge in [0.2, 0.25) is 0 Å². The predicted molar refractivity (Wildman–Crippen MR) is 129 cm³/mol. The highest BCUT2D eigenvalue weighted by Crippen LogP contribution is 2.44. The molecule has 2 aromatic heterocycles. The standard InChI is InChI=1S/C26H22ClN3O4/c1-30-17(11-15-10-16(27)13-28-24(15)30)12-23(25(31)32)29-26(33)34-14-22-20-8-4-2-6-18(20)19-7-3-5-9-21(19)22/h2-11,13,22-23H,12,14H2,1H3,(H,29,33)(H,31,32)/t23-/m0/s1. The number of aromatic nitrogens is 2. The average molecular weight is 476 g/mol. The maximum absolute atomic E-state index is 12.6. The largest absolute Gasteiger partial charge is 0.480 e. The van der Waals surface area contributed by atoms with Gasteiger partial charge in [-0.2, -0.15) is 0 Å². The number of carboxylic acids is 1. The molecular weight excluding hydrogens is 454 g/mol. The molecule has 0 bridgehead atoms. The van der Waals surface area contributed by atoms with Crippen LogP contribution in [0.5, 0.6) is 0 Å². The van der Waals surface area contributed by atoms with Crippen molar-refractivity contribution >= 4 is 34.7 Å². The second-order valence-corrected chi connectivity index (χ2v) is 8.76. The van der Waals surface area contributed by atoms with E-state index in [1.54, 1.807) is 17.7 Å². The first-order chi connectivity index (χ1) is 16.4. The van der Waals surface area contributed by atoms with Crippen molar-refractivity contribution < 1.29 is 19.4 Å². The Morgan fingerprint density at radius 1 is 1.12 bits per heavy atom. The van der Waals surface area contributed by atoms with Crippen molar-refractivity contribution in [3.05, 3.63) is 88.7 Å². The lowest BCUT2D eigenvalue weighted by Crippen LogP contribution is -2.43. The molecule has 2 N–H and O–H groups in total. The van der Waals surface area contributed by atoms with E-state index in [1.165, 1.54) is 6.20 Å². The summed E-state index contributed by atoms with van der Waals surface area (Å²) in [4.78, 5) is 28.8. The van der Waals surface area contributed by atoms with Crippen LogP contribution in [0.3, 0.4) is 0 Å². The third kappa shape index (κ3) is 3.99. The summed E-state index contributed by atoms with van der Waals surface area (Å²) < 4.78 is 7.31. The van der Waals surface area contributed by atoms with Crippen molar-refractivity contribution in [2.75, 3.05) is 6.61 Å². The number of ether oxygens (including phenoxy) is 1. The topological polar surface area (TPSA) is 93.5 Å². The number of nitrogens with zero attached hydrogens (tertiary/aromatic N) is 2. The van der Waals surface area contributed by atoms with Gasteiger partial charge in [-0.15, -0.1) is 0 Å². The maximum atomic E-state index is 12.6. The van der Waals surface area contributed by atoms with E-state index in [0.29, 0.717) is 16.4 Å². The molecule has 34 heavy (non-hydrogen) atoms. The summed E-state index contributed by atoms with van der Waals surface area (Å²) in [6, 6.07) is 18.5. The van der Waals surface area contributed by atoms with E-state index in [-0.39, 0.29) is 18.9 Å². The molecule has 1 atom stereocenters. The summed E-state index contributed by atoms with van der Waals surface area (Å²) in [5.41, 5.74) is 5.82. The summed E-state index contributed by atoms with van der Waals surface area (Å²) in [5, 5.41) is 13.5. The Labute approximate surface area is 200 Å². The summed E-state index contributed by atoms with van der Waals surface area (Å²) in [5.74, 6) is -1.25. The second kappa shape index (κ2) is 8.83. The number of alkyl carbamates (subject to hydrolysis) is 1. The Kier molecular flexibility index (Phi) is 5.71. The molecule has 0 saturated heterocycles. The van der Waals surface area contributed by atoms with Gasteiger partial charge in [0, 0.05) is 36.7 Å². The summed E-state index contributed by atoms with van der Waals surface area (Å²) in [6.07, 6.45) is 0.843. The zero-order valence-corrected chi connectivity index (χ0v) is 19.1. The van der Waals surface area contributed by atoms with Crippen LogP contribution in [0.1, 0.15) is 22.7 Å². The molecule has 0 radical (unpaired) electrons. The average Bonchev–Trinajstić information content (AvgIpc) is 3.31. The summed E-state index contributed by atoms with van der Waals surface area (Å²) in [6.45, 7) is 0.114. The zero-order valence-electron chi connectivity index (χ0n) is 18.4. The molecule has 0 unspecified atom stereocenters.